The van der Waals surface area contributed by atoms with E-state index in [9.17, 15) is 13.2 Å². The zero-order valence-electron chi connectivity index (χ0n) is 16.1. The van der Waals surface area contributed by atoms with Gasteiger partial charge in [-0.05, 0) is 49.7 Å². The highest BCUT2D eigenvalue weighted by Crippen LogP contribution is 2.32. The van der Waals surface area contributed by atoms with E-state index in [4.69, 9.17) is 39.5 Å². The Hall–Kier alpha value is -1.67. The molecule has 0 heterocycles. The maximum Gasteiger partial charge on any atom is 0.243 e. The molecule has 0 unspecified atom stereocenters. The summed E-state index contributed by atoms with van der Waals surface area (Å²) >= 11 is 18.2. The third-order valence-corrected chi connectivity index (χ3v) is 6.24. The van der Waals surface area contributed by atoms with Crippen molar-refractivity contribution in [2.45, 2.75) is 19.9 Å². The Morgan fingerprint density at radius 2 is 1.83 bits per heavy atom. The second-order valence-electron chi connectivity index (χ2n) is 6.38. The predicted octanol–water partition coefficient (Wildman–Crippen LogP) is 4.30. The number of halogens is 3. The molecule has 158 valence electrons. The summed E-state index contributed by atoms with van der Waals surface area (Å²) in [5, 5.41) is 3.71. The van der Waals surface area contributed by atoms with Crippen molar-refractivity contribution in [2.24, 2.45) is 0 Å². The van der Waals surface area contributed by atoms with Crippen LogP contribution in [0.2, 0.25) is 15.1 Å². The Morgan fingerprint density at radius 3 is 2.45 bits per heavy atom. The lowest BCUT2D eigenvalue weighted by Gasteiger charge is -2.29. The lowest BCUT2D eigenvalue weighted by atomic mass is 10.2. The summed E-state index contributed by atoms with van der Waals surface area (Å²) in [6.45, 7) is 3.71. The fourth-order valence-electron chi connectivity index (χ4n) is 2.59. The van der Waals surface area contributed by atoms with Crippen LogP contribution in [0.4, 0.5) is 5.69 Å². The standard InChI is InChI=1S/C19H21Cl3N2O4S/c1-12-4-6-15(11-17(12)22)28-9-8-23-19(25)13(2)24(29(3,26)27)18-10-14(20)5-7-16(18)21/h4-7,10-11,13H,8-9H2,1-3H3,(H,23,25)/t13-/m1/s1. The van der Waals surface area contributed by atoms with Gasteiger partial charge in [-0.15, -0.1) is 0 Å². The molecule has 2 aromatic rings. The molecule has 2 rings (SSSR count). The van der Waals surface area contributed by atoms with Crippen molar-refractivity contribution >= 4 is 56.4 Å². The van der Waals surface area contributed by atoms with Crippen LogP contribution in [0.25, 0.3) is 0 Å². The van der Waals surface area contributed by atoms with Crippen LogP contribution in [0.1, 0.15) is 12.5 Å². The molecular weight excluding hydrogens is 459 g/mol. The lowest BCUT2D eigenvalue weighted by molar-refractivity contribution is -0.121. The van der Waals surface area contributed by atoms with E-state index in [1.54, 1.807) is 12.1 Å². The third-order valence-electron chi connectivity index (χ3n) is 4.05. The molecule has 0 aromatic heterocycles. The van der Waals surface area contributed by atoms with Gasteiger partial charge in [-0.25, -0.2) is 8.42 Å². The number of aryl methyl sites for hydroxylation is 1. The summed E-state index contributed by atoms with van der Waals surface area (Å²) in [6.07, 6.45) is 0.998. The first-order valence-electron chi connectivity index (χ1n) is 8.62. The maximum atomic E-state index is 12.5. The van der Waals surface area contributed by atoms with E-state index in [0.717, 1.165) is 16.1 Å². The topological polar surface area (TPSA) is 75.7 Å². The van der Waals surface area contributed by atoms with Gasteiger partial charge in [0.15, 0.2) is 0 Å². The second kappa shape index (κ2) is 9.89. The summed E-state index contributed by atoms with van der Waals surface area (Å²) in [5.41, 5.74) is 1.07. The molecule has 0 aliphatic rings. The number of carbonyl (C=O) groups excluding carboxylic acids is 1. The van der Waals surface area contributed by atoms with Gasteiger partial charge in [0.25, 0.3) is 0 Å². The minimum Gasteiger partial charge on any atom is -0.492 e. The number of benzene rings is 2. The molecule has 0 fully saturated rings. The zero-order valence-corrected chi connectivity index (χ0v) is 19.2. The summed E-state index contributed by atoms with van der Waals surface area (Å²) in [6, 6.07) is 8.66. The van der Waals surface area contributed by atoms with Crippen molar-refractivity contribution in [2.75, 3.05) is 23.7 Å². The number of nitrogens with zero attached hydrogens (tertiary/aromatic N) is 1. The van der Waals surface area contributed by atoms with E-state index in [2.05, 4.69) is 5.32 Å². The Labute approximate surface area is 185 Å². The van der Waals surface area contributed by atoms with Crippen LogP contribution in [0, 0.1) is 6.92 Å². The van der Waals surface area contributed by atoms with Gasteiger partial charge in [0.05, 0.1) is 23.5 Å². The normalized spacial score (nSPS) is 12.3. The van der Waals surface area contributed by atoms with E-state index in [-0.39, 0.29) is 23.9 Å². The van der Waals surface area contributed by atoms with E-state index in [1.807, 2.05) is 13.0 Å². The lowest BCUT2D eigenvalue weighted by Crippen LogP contribution is -2.48. The van der Waals surface area contributed by atoms with Crippen molar-refractivity contribution in [1.82, 2.24) is 5.32 Å². The van der Waals surface area contributed by atoms with E-state index >= 15 is 0 Å². The highest BCUT2D eigenvalue weighted by atomic mass is 35.5. The Morgan fingerprint density at radius 1 is 1.14 bits per heavy atom. The van der Waals surface area contributed by atoms with Crippen LogP contribution in [0.3, 0.4) is 0 Å². The molecule has 1 atom stereocenters. The SMILES string of the molecule is Cc1ccc(OCCNC(=O)[C@@H](C)N(c2cc(Cl)ccc2Cl)S(C)(=O)=O)cc1Cl. The molecule has 1 N–H and O–H groups in total. The molecule has 0 saturated heterocycles. The van der Waals surface area contributed by atoms with E-state index in [0.29, 0.717) is 15.8 Å². The fourth-order valence-corrected chi connectivity index (χ4v) is 4.36. The molecule has 0 aliphatic carbocycles. The highest BCUT2D eigenvalue weighted by molar-refractivity contribution is 7.92. The first kappa shape index (κ1) is 23.6. The number of hydrogen-bond acceptors (Lipinski definition) is 4. The van der Waals surface area contributed by atoms with Crippen LogP contribution in [0.5, 0.6) is 5.75 Å². The number of ether oxygens (including phenoxy) is 1. The minimum absolute atomic E-state index is 0.134. The number of rotatable bonds is 8. The van der Waals surface area contributed by atoms with Crippen molar-refractivity contribution in [3.63, 3.8) is 0 Å². The molecule has 1 amide bonds. The smallest absolute Gasteiger partial charge is 0.243 e. The van der Waals surface area contributed by atoms with Gasteiger partial charge < -0.3 is 10.1 Å². The van der Waals surface area contributed by atoms with Gasteiger partial charge in [0.1, 0.15) is 18.4 Å². The number of anilines is 1. The molecule has 2 aromatic carbocycles. The summed E-state index contributed by atoms with van der Waals surface area (Å²) in [7, 11) is -3.80. The van der Waals surface area contributed by atoms with Gasteiger partial charge >= 0.3 is 0 Å². The summed E-state index contributed by atoms with van der Waals surface area (Å²) in [4.78, 5) is 12.5. The second-order valence-corrected chi connectivity index (χ2v) is 9.49. The number of hydrogen-bond donors (Lipinski definition) is 1. The molecule has 0 spiro atoms. The van der Waals surface area contributed by atoms with Crippen LogP contribution in [-0.4, -0.2) is 39.8 Å². The number of carbonyl (C=O) groups is 1. The maximum absolute atomic E-state index is 12.5. The van der Waals surface area contributed by atoms with Crippen LogP contribution in [0.15, 0.2) is 36.4 Å². The molecule has 0 saturated carbocycles. The molecule has 10 heteroatoms. The first-order chi connectivity index (χ1) is 13.5. The molecule has 0 aliphatic heterocycles. The zero-order chi connectivity index (χ0) is 21.8. The van der Waals surface area contributed by atoms with Crippen molar-refractivity contribution in [3.05, 3.63) is 57.0 Å². The number of sulfonamides is 1. The molecule has 6 nitrogen and oxygen atoms in total. The van der Waals surface area contributed by atoms with Crippen LogP contribution >= 0.6 is 34.8 Å². The summed E-state index contributed by atoms with van der Waals surface area (Å²) in [5.74, 6) is 0.0726. The summed E-state index contributed by atoms with van der Waals surface area (Å²) < 4.78 is 31.1. The largest absolute Gasteiger partial charge is 0.492 e. The van der Waals surface area contributed by atoms with Crippen LogP contribution in [-0.2, 0) is 14.8 Å². The average molecular weight is 480 g/mol. The van der Waals surface area contributed by atoms with Gasteiger partial charge in [0.2, 0.25) is 15.9 Å². The average Bonchev–Trinajstić information content (AvgIpc) is 2.63. The number of nitrogens with one attached hydrogen (secondary N) is 1. The predicted molar refractivity (Wildman–Crippen MR) is 118 cm³/mol. The minimum atomic E-state index is -3.80. The van der Waals surface area contributed by atoms with Gasteiger partial charge in [-0.1, -0.05) is 40.9 Å². The third kappa shape index (κ3) is 6.40. The Bertz CT molecular complexity index is 999. The van der Waals surface area contributed by atoms with Gasteiger partial charge in [0, 0.05) is 10.0 Å². The molecule has 29 heavy (non-hydrogen) atoms. The van der Waals surface area contributed by atoms with Gasteiger partial charge in [-0.2, -0.15) is 0 Å². The van der Waals surface area contributed by atoms with Crippen molar-refractivity contribution < 1.29 is 17.9 Å². The van der Waals surface area contributed by atoms with Crippen molar-refractivity contribution in [3.8, 4) is 5.75 Å². The van der Waals surface area contributed by atoms with Crippen molar-refractivity contribution in [1.29, 1.82) is 0 Å². The first-order valence-corrected chi connectivity index (χ1v) is 11.6. The number of amides is 1. The monoisotopic (exact) mass is 478 g/mol. The fraction of sp³-hybridized carbons (Fsp3) is 0.316. The quantitative estimate of drug-likeness (QED) is 0.573. The van der Waals surface area contributed by atoms with E-state index in [1.165, 1.54) is 25.1 Å². The van der Waals surface area contributed by atoms with E-state index < -0.39 is 22.0 Å². The van der Waals surface area contributed by atoms with Gasteiger partial charge in [-0.3, -0.25) is 9.10 Å². The Kier molecular flexibility index (Phi) is 8.05. The molecule has 0 radical (unpaired) electrons. The molecular formula is C19H21Cl3N2O4S. The highest BCUT2D eigenvalue weighted by Gasteiger charge is 2.30. The molecule has 0 bridgehead atoms. The van der Waals surface area contributed by atoms with Crippen LogP contribution < -0.4 is 14.4 Å². The Balaban J connectivity index is 2.04.